The second-order valence-corrected chi connectivity index (χ2v) is 9.21. The Morgan fingerprint density at radius 3 is 2.05 bits per heavy atom. The van der Waals surface area contributed by atoms with E-state index in [9.17, 15) is 24.5 Å². The van der Waals surface area contributed by atoms with E-state index in [1.807, 2.05) is 0 Å². The van der Waals surface area contributed by atoms with E-state index >= 15 is 0 Å². The van der Waals surface area contributed by atoms with E-state index in [0.29, 0.717) is 5.06 Å². The van der Waals surface area contributed by atoms with Crippen molar-refractivity contribution in [3.63, 3.8) is 0 Å². The molecule has 4 N–H and O–H groups in total. The van der Waals surface area contributed by atoms with Crippen LogP contribution in [0, 0.1) is 11.8 Å². The van der Waals surface area contributed by atoms with Crippen molar-refractivity contribution >= 4 is 19.0 Å². The summed E-state index contributed by atoms with van der Waals surface area (Å²) < 4.78 is 11.6. The third kappa shape index (κ3) is 6.13. The average molecular weight is 324 g/mol. The smallest absolute Gasteiger partial charge is 0.316 e. The maximum Gasteiger partial charge on any atom is 0.316 e. The highest BCUT2D eigenvalue weighted by atomic mass is 31.2. The monoisotopic (exact) mass is 324 g/mol. The molecule has 0 aromatic carbocycles. The zero-order chi connectivity index (χ0) is 17.0. The Morgan fingerprint density at radius 2 is 1.71 bits per heavy atom. The van der Waals surface area contributed by atoms with Gasteiger partial charge in [0, 0.05) is 6.54 Å². The molecule has 0 aromatic rings. The van der Waals surface area contributed by atoms with Crippen LogP contribution < -0.4 is 5.32 Å². The average Bonchev–Trinajstić information content (AvgIpc) is 2.32. The number of aliphatic carboxylic acids is 1. The van der Waals surface area contributed by atoms with Gasteiger partial charge in [0.25, 0.3) is 5.91 Å². The lowest BCUT2D eigenvalue weighted by atomic mass is 9.95. The fourth-order valence-electron chi connectivity index (χ4n) is 1.59. The van der Waals surface area contributed by atoms with Crippen LogP contribution in [-0.2, 0) is 14.2 Å². The molecule has 0 saturated heterocycles. The minimum atomic E-state index is -2.70. The molecule has 0 aromatic heterocycles. The normalized spacial score (nSPS) is 16.4. The Labute approximate surface area is 124 Å². The summed E-state index contributed by atoms with van der Waals surface area (Å²) >= 11 is 0. The summed E-state index contributed by atoms with van der Waals surface area (Å²) in [5.74, 6) is -5.19. The predicted molar refractivity (Wildman–Crippen MR) is 77.5 cm³/mol. The third-order valence-corrected chi connectivity index (χ3v) is 4.72. The van der Waals surface area contributed by atoms with Crippen LogP contribution in [0.5, 0.6) is 0 Å². The summed E-state index contributed by atoms with van der Waals surface area (Å²) in [4.78, 5) is 23.0. The van der Waals surface area contributed by atoms with E-state index in [2.05, 4.69) is 5.32 Å². The first kappa shape index (κ1) is 20.1. The van der Waals surface area contributed by atoms with Crippen LogP contribution in [-0.4, -0.2) is 64.2 Å². The second kappa shape index (κ2) is 7.89. The van der Waals surface area contributed by atoms with Gasteiger partial charge in [-0.3, -0.25) is 20.1 Å². The molecule has 0 saturated carbocycles. The lowest BCUT2D eigenvalue weighted by molar-refractivity contribution is -0.187. The SMILES string of the molecule is CC(C)C(C(=O)O)C(=O)N(O)C(C)NCC(O)P(C)(C)=O. The maximum atomic E-state index is 11.9. The Hall–Kier alpha value is -0.950. The van der Waals surface area contributed by atoms with Gasteiger partial charge in [-0.15, -0.1) is 0 Å². The molecule has 0 aliphatic heterocycles. The summed E-state index contributed by atoms with van der Waals surface area (Å²) in [5.41, 5.74) is 0. The van der Waals surface area contributed by atoms with Crippen molar-refractivity contribution in [3.05, 3.63) is 0 Å². The molecule has 0 rings (SSSR count). The highest BCUT2D eigenvalue weighted by Crippen LogP contribution is 2.40. The summed E-state index contributed by atoms with van der Waals surface area (Å²) in [6, 6.07) is 0. The van der Waals surface area contributed by atoms with Gasteiger partial charge in [-0.1, -0.05) is 13.8 Å². The lowest BCUT2D eigenvalue weighted by Crippen LogP contribution is -2.51. The topological polar surface area (TPSA) is 127 Å². The molecule has 3 atom stereocenters. The fraction of sp³-hybridized carbons (Fsp3) is 0.833. The molecule has 0 aliphatic carbocycles. The standard InChI is InChI=1S/C12H25N2O6P/c1-7(2)10(12(17)18)11(16)14(19)8(3)13-6-9(15)21(4,5)20/h7-10,13,15,19H,6H2,1-5H3,(H,17,18). The van der Waals surface area contributed by atoms with E-state index in [1.165, 1.54) is 20.3 Å². The van der Waals surface area contributed by atoms with Gasteiger partial charge in [-0.05, 0) is 26.2 Å². The van der Waals surface area contributed by atoms with Crippen LogP contribution in [0.1, 0.15) is 20.8 Å². The van der Waals surface area contributed by atoms with E-state index in [0.717, 1.165) is 0 Å². The van der Waals surface area contributed by atoms with Gasteiger partial charge in [0.2, 0.25) is 0 Å². The van der Waals surface area contributed by atoms with Crippen LogP contribution in [0.2, 0.25) is 0 Å². The van der Waals surface area contributed by atoms with Crippen molar-refractivity contribution < 1.29 is 29.6 Å². The number of amides is 1. The quantitative estimate of drug-likeness (QED) is 0.168. The number of rotatable bonds is 8. The van der Waals surface area contributed by atoms with Gasteiger partial charge < -0.3 is 14.8 Å². The molecule has 21 heavy (non-hydrogen) atoms. The molecule has 0 aliphatic rings. The minimum Gasteiger partial charge on any atom is -0.481 e. The van der Waals surface area contributed by atoms with Crippen molar-refractivity contribution in [2.24, 2.45) is 11.8 Å². The molecule has 8 nitrogen and oxygen atoms in total. The van der Waals surface area contributed by atoms with Gasteiger partial charge >= 0.3 is 5.97 Å². The summed E-state index contributed by atoms with van der Waals surface area (Å²) in [6.45, 7) is 7.32. The molecule has 124 valence electrons. The van der Waals surface area contributed by atoms with Crippen LogP contribution in [0.15, 0.2) is 0 Å². The highest BCUT2D eigenvalue weighted by Gasteiger charge is 2.35. The number of hydroxylamine groups is 2. The van der Waals surface area contributed by atoms with Gasteiger partial charge in [-0.25, -0.2) is 5.06 Å². The molecular weight excluding hydrogens is 299 g/mol. The van der Waals surface area contributed by atoms with Gasteiger partial charge in [0.15, 0.2) is 0 Å². The lowest BCUT2D eigenvalue weighted by Gasteiger charge is -2.28. The van der Waals surface area contributed by atoms with Crippen molar-refractivity contribution in [1.29, 1.82) is 0 Å². The number of carbonyl (C=O) groups is 2. The number of carboxylic acids is 1. The molecule has 1 amide bonds. The third-order valence-electron chi connectivity index (χ3n) is 3.11. The van der Waals surface area contributed by atoms with Crippen LogP contribution in [0.3, 0.4) is 0 Å². The molecule has 9 heteroatoms. The maximum absolute atomic E-state index is 11.9. The van der Waals surface area contributed by atoms with Gasteiger partial charge in [-0.2, -0.15) is 0 Å². The first-order chi connectivity index (χ1) is 9.39. The van der Waals surface area contributed by atoms with E-state index < -0.39 is 42.9 Å². The molecule has 3 unspecified atom stereocenters. The molecular formula is C12H25N2O6P. The highest BCUT2D eigenvalue weighted by molar-refractivity contribution is 7.62. The number of aliphatic hydroxyl groups excluding tert-OH is 1. The van der Waals surface area contributed by atoms with Gasteiger partial charge in [0.05, 0.1) is 0 Å². The second-order valence-electron chi connectivity index (χ2n) is 5.74. The van der Waals surface area contributed by atoms with Crippen molar-refractivity contribution in [1.82, 2.24) is 10.4 Å². The number of carbonyl (C=O) groups excluding carboxylic acids is 1. The fourth-order valence-corrected chi connectivity index (χ4v) is 2.14. The van der Waals surface area contributed by atoms with E-state index in [1.54, 1.807) is 13.8 Å². The Kier molecular flexibility index (Phi) is 7.53. The van der Waals surface area contributed by atoms with E-state index in [4.69, 9.17) is 5.11 Å². The molecule has 0 spiro atoms. The van der Waals surface area contributed by atoms with Crippen molar-refractivity contribution in [3.8, 4) is 0 Å². The molecule has 0 bridgehead atoms. The Morgan fingerprint density at radius 1 is 1.24 bits per heavy atom. The Balaban J connectivity index is 4.70. The van der Waals surface area contributed by atoms with Crippen LogP contribution >= 0.6 is 7.14 Å². The zero-order valence-electron chi connectivity index (χ0n) is 13.0. The number of hydrogen-bond donors (Lipinski definition) is 4. The number of nitrogens with one attached hydrogen (secondary N) is 1. The molecule has 0 fully saturated rings. The van der Waals surface area contributed by atoms with Gasteiger partial charge in [0.1, 0.15) is 25.1 Å². The zero-order valence-corrected chi connectivity index (χ0v) is 13.9. The first-order valence-corrected chi connectivity index (χ1v) is 9.27. The summed E-state index contributed by atoms with van der Waals surface area (Å²) in [6.07, 6.45) is -0.917. The minimum absolute atomic E-state index is 0.0881. The van der Waals surface area contributed by atoms with E-state index in [-0.39, 0.29) is 6.54 Å². The van der Waals surface area contributed by atoms with Crippen LogP contribution in [0.25, 0.3) is 0 Å². The van der Waals surface area contributed by atoms with Crippen LogP contribution in [0.4, 0.5) is 0 Å². The number of nitrogens with zero attached hydrogens (tertiary/aromatic N) is 1. The number of hydrogen-bond acceptors (Lipinski definition) is 6. The largest absolute Gasteiger partial charge is 0.481 e. The predicted octanol–water partition coefficient (Wildman–Crippen LogP) is 0.438. The number of aliphatic hydroxyl groups is 1. The first-order valence-electron chi connectivity index (χ1n) is 6.60. The summed E-state index contributed by atoms with van der Waals surface area (Å²) in [7, 11) is -2.70. The Bertz CT molecular complexity index is 422. The number of carboxylic acid groups (broad SMARTS) is 1. The molecule has 0 radical (unpaired) electrons. The van der Waals surface area contributed by atoms with Crippen molar-refractivity contribution in [2.45, 2.75) is 32.8 Å². The molecule has 0 heterocycles. The summed E-state index contributed by atoms with van der Waals surface area (Å²) in [5, 5.41) is 31.4. The van der Waals surface area contributed by atoms with Crippen molar-refractivity contribution in [2.75, 3.05) is 19.9 Å².